The Balaban J connectivity index is 1.85. The Bertz CT molecular complexity index is 491. The maximum atomic E-state index is 5.89. The zero-order valence-corrected chi connectivity index (χ0v) is 10.9. The van der Waals surface area contributed by atoms with E-state index in [2.05, 4.69) is 24.4 Å². The van der Waals surface area contributed by atoms with E-state index in [0.717, 1.165) is 30.0 Å². The van der Waals surface area contributed by atoms with Crippen LogP contribution < -0.4 is 11.1 Å². The summed E-state index contributed by atoms with van der Waals surface area (Å²) >= 11 is 0. The Morgan fingerprint density at radius 3 is 2.83 bits per heavy atom. The molecule has 3 heteroatoms. The van der Waals surface area contributed by atoms with Crippen LogP contribution in [0.1, 0.15) is 23.8 Å². The molecule has 0 aliphatic rings. The van der Waals surface area contributed by atoms with Crippen LogP contribution in [0.25, 0.3) is 0 Å². The molecule has 0 saturated heterocycles. The first-order valence-electron chi connectivity index (χ1n) is 6.26. The number of hydrogen-bond donors (Lipinski definition) is 2. The molecule has 0 fully saturated rings. The second-order valence-electron chi connectivity index (χ2n) is 4.76. The van der Waals surface area contributed by atoms with Crippen LogP contribution >= 0.6 is 0 Å². The number of nitrogens with two attached hydrogens (primary N) is 1. The molecule has 1 heterocycles. The number of nitrogen functional groups attached to an aromatic ring is 1. The van der Waals surface area contributed by atoms with Gasteiger partial charge in [-0.1, -0.05) is 12.1 Å². The first-order valence-corrected chi connectivity index (χ1v) is 6.26. The third-order valence-corrected chi connectivity index (χ3v) is 3.09. The number of benzene rings is 1. The first kappa shape index (κ1) is 12.7. The van der Waals surface area contributed by atoms with Gasteiger partial charge in [0.15, 0.2) is 0 Å². The summed E-state index contributed by atoms with van der Waals surface area (Å²) in [5.74, 6) is 1.01. The third kappa shape index (κ3) is 3.37. The van der Waals surface area contributed by atoms with Crippen LogP contribution in [0.5, 0.6) is 0 Å². The van der Waals surface area contributed by atoms with Crippen LogP contribution in [0.15, 0.2) is 41.0 Å². The molecular formula is C15H20N2O. The van der Waals surface area contributed by atoms with Crippen molar-refractivity contribution in [2.24, 2.45) is 0 Å². The second kappa shape index (κ2) is 5.74. The predicted octanol–water partition coefficient (Wildman–Crippen LogP) is 2.89. The second-order valence-corrected chi connectivity index (χ2v) is 4.76. The van der Waals surface area contributed by atoms with Gasteiger partial charge in [-0.05, 0) is 43.2 Å². The van der Waals surface area contributed by atoms with Crippen LogP contribution in [0, 0.1) is 6.92 Å². The van der Waals surface area contributed by atoms with Crippen molar-refractivity contribution >= 4 is 5.69 Å². The molecule has 96 valence electrons. The van der Waals surface area contributed by atoms with Crippen molar-refractivity contribution < 1.29 is 4.42 Å². The first-order chi connectivity index (χ1) is 8.65. The highest BCUT2D eigenvalue weighted by atomic mass is 16.3. The van der Waals surface area contributed by atoms with Crippen molar-refractivity contribution in [2.75, 3.05) is 5.73 Å². The molecule has 3 N–H and O–H groups in total. The molecular weight excluding hydrogens is 224 g/mol. The molecule has 2 aromatic rings. The van der Waals surface area contributed by atoms with Gasteiger partial charge in [0.05, 0.1) is 6.26 Å². The quantitative estimate of drug-likeness (QED) is 0.795. The van der Waals surface area contributed by atoms with E-state index in [4.69, 9.17) is 10.2 Å². The normalized spacial score (nSPS) is 12.6. The van der Waals surface area contributed by atoms with Gasteiger partial charge in [0, 0.05) is 24.7 Å². The topological polar surface area (TPSA) is 51.2 Å². The van der Waals surface area contributed by atoms with E-state index >= 15 is 0 Å². The Hall–Kier alpha value is -1.74. The highest BCUT2D eigenvalue weighted by molar-refractivity contribution is 5.48. The van der Waals surface area contributed by atoms with E-state index in [1.807, 2.05) is 25.1 Å². The molecule has 3 nitrogen and oxygen atoms in total. The standard InChI is InChI=1S/C15H20N2O/c1-11-5-6-13(9-15(11)16)10-17-12(2)8-14-4-3-7-18-14/h3-7,9,12,17H,8,10,16H2,1-2H3. The molecule has 18 heavy (non-hydrogen) atoms. The van der Waals surface area contributed by atoms with Gasteiger partial charge in [-0.25, -0.2) is 0 Å². The molecule has 0 aliphatic heterocycles. The fraction of sp³-hybridized carbons (Fsp3) is 0.333. The largest absolute Gasteiger partial charge is 0.469 e. The van der Waals surface area contributed by atoms with E-state index < -0.39 is 0 Å². The number of nitrogens with one attached hydrogen (secondary N) is 1. The molecule has 1 aromatic carbocycles. The SMILES string of the molecule is Cc1ccc(CNC(C)Cc2ccco2)cc1N. The third-order valence-electron chi connectivity index (χ3n) is 3.09. The summed E-state index contributed by atoms with van der Waals surface area (Å²) in [6.45, 7) is 5.00. The Morgan fingerprint density at radius 2 is 2.17 bits per heavy atom. The van der Waals surface area contributed by atoms with Crippen molar-refractivity contribution in [1.82, 2.24) is 5.32 Å². The highest BCUT2D eigenvalue weighted by Crippen LogP contribution is 2.13. The average molecular weight is 244 g/mol. The summed E-state index contributed by atoms with van der Waals surface area (Å²) in [4.78, 5) is 0. The fourth-order valence-corrected chi connectivity index (χ4v) is 1.89. The Labute approximate surface area is 108 Å². The lowest BCUT2D eigenvalue weighted by Crippen LogP contribution is -2.27. The van der Waals surface area contributed by atoms with Crippen LogP contribution in [-0.2, 0) is 13.0 Å². The highest BCUT2D eigenvalue weighted by Gasteiger charge is 2.05. The molecule has 0 bridgehead atoms. The van der Waals surface area contributed by atoms with Gasteiger partial charge in [0.1, 0.15) is 5.76 Å². The van der Waals surface area contributed by atoms with Gasteiger partial charge in [-0.2, -0.15) is 0 Å². The molecule has 1 unspecified atom stereocenters. The average Bonchev–Trinajstić information content (AvgIpc) is 2.83. The van der Waals surface area contributed by atoms with E-state index in [9.17, 15) is 0 Å². The summed E-state index contributed by atoms with van der Waals surface area (Å²) in [6, 6.07) is 10.5. The maximum Gasteiger partial charge on any atom is 0.105 e. The van der Waals surface area contributed by atoms with E-state index in [0.29, 0.717) is 6.04 Å². The molecule has 0 radical (unpaired) electrons. The number of anilines is 1. The summed E-state index contributed by atoms with van der Waals surface area (Å²) in [7, 11) is 0. The van der Waals surface area contributed by atoms with Gasteiger partial charge >= 0.3 is 0 Å². The van der Waals surface area contributed by atoms with Crippen molar-refractivity contribution in [2.45, 2.75) is 32.9 Å². The molecule has 1 atom stereocenters. The molecule has 0 amide bonds. The smallest absolute Gasteiger partial charge is 0.105 e. The van der Waals surface area contributed by atoms with Gasteiger partial charge < -0.3 is 15.5 Å². The van der Waals surface area contributed by atoms with E-state index in [1.165, 1.54) is 5.56 Å². The summed E-state index contributed by atoms with van der Waals surface area (Å²) in [5.41, 5.74) is 9.09. The minimum atomic E-state index is 0.374. The minimum absolute atomic E-state index is 0.374. The van der Waals surface area contributed by atoms with Crippen LogP contribution in [0.3, 0.4) is 0 Å². The van der Waals surface area contributed by atoms with Crippen LogP contribution in [-0.4, -0.2) is 6.04 Å². The summed E-state index contributed by atoms with van der Waals surface area (Å²) in [6.07, 6.45) is 2.61. The minimum Gasteiger partial charge on any atom is -0.469 e. The predicted molar refractivity (Wildman–Crippen MR) is 74.3 cm³/mol. The molecule has 0 aliphatic carbocycles. The lowest BCUT2D eigenvalue weighted by molar-refractivity contribution is 0.456. The zero-order valence-electron chi connectivity index (χ0n) is 10.9. The van der Waals surface area contributed by atoms with Gasteiger partial charge in [0.25, 0.3) is 0 Å². The zero-order chi connectivity index (χ0) is 13.0. The lowest BCUT2D eigenvalue weighted by atomic mass is 10.1. The van der Waals surface area contributed by atoms with Crippen molar-refractivity contribution in [3.05, 3.63) is 53.5 Å². The van der Waals surface area contributed by atoms with E-state index in [1.54, 1.807) is 6.26 Å². The number of hydrogen-bond acceptors (Lipinski definition) is 3. The fourth-order valence-electron chi connectivity index (χ4n) is 1.89. The van der Waals surface area contributed by atoms with Crippen molar-refractivity contribution in [3.63, 3.8) is 0 Å². The van der Waals surface area contributed by atoms with Gasteiger partial charge in [0.2, 0.25) is 0 Å². The van der Waals surface area contributed by atoms with Crippen LogP contribution in [0.2, 0.25) is 0 Å². The number of furan rings is 1. The van der Waals surface area contributed by atoms with Gasteiger partial charge in [-0.3, -0.25) is 0 Å². The molecule has 2 rings (SSSR count). The van der Waals surface area contributed by atoms with Crippen LogP contribution in [0.4, 0.5) is 5.69 Å². The Morgan fingerprint density at radius 1 is 1.33 bits per heavy atom. The molecule has 0 spiro atoms. The molecule has 1 aromatic heterocycles. The monoisotopic (exact) mass is 244 g/mol. The number of aryl methyl sites for hydroxylation is 1. The lowest BCUT2D eigenvalue weighted by Gasteiger charge is -2.13. The van der Waals surface area contributed by atoms with E-state index in [-0.39, 0.29) is 0 Å². The number of rotatable bonds is 5. The summed E-state index contributed by atoms with van der Waals surface area (Å²) < 4.78 is 5.33. The maximum absolute atomic E-state index is 5.89. The summed E-state index contributed by atoms with van der Waals surface area (Å²) in [5, 5.41) is 3.47. The van der Waals surface area contributed by atoms with Gasteiger partial charge in [-0.15, -0.1) is 0 Å². The van der Waals surface area contributed by atoms with Crippen molar-refractivity contribution in [1.29, 1.82) is 0 Å². The van der Waals surface area contributed by atoms with Crippen molar-refractivity contribution in [3.8, 4) is 0 Å². The molecule has 0 saturated carbocycles. The Kier molecular flexibility index (Phi) is 4.05.